The number of rotatable bonds is 4. The van der Waals surface area contributed by atoms with Crippen molar-refractivity contribution in [3.8, 4) is 5.75 Å². The molecule has 1 N–H and O–H groups in total. The first-order valence-corrected chi connectivity index (χ1v) is 6.77. The number of hydrogen-bond donors (Lipinski definition) is 1. The Balaban J connectivity index is 2.19. The van der Waals surface area contributed by atoms with Gasteiger partial charge in [0.05, 0.1) is 23.3 Å². The second-order valence-electron chi connectivity index (χ2n) is 4.87. The highest BCUT2D eigenvalue weighted by Gasteiger charge is 2.23. The minimum absolute atomic E-state index is 0.156. The number of carbonyl (C=O) groups is 1. The quantitative estimate of drug-likeness (QED) is 0.675. The first-order valence-electron chi connectivity index (χ1n) is 6.77. The lowest BCUT2D eigenvalue weighted by molar-refractivity contribution is -0.384. The largest absolute Gasteiger partial charge is 0.433 e. The highest BCUT2D eigenvalue weighted by molar-refractivity contribution is 5.91. The molecule has 2 amide bonds. The first kappa shape index (κ1) is 16.9. The molecule has 1 aliphatic rings. The SMILES string of the molecule is C[C@H]1CN(C(=O)Nc2cc([N+](=O)[O-])ccc2OC(F)F)CCO1. The fourth-order valence-corrected chi connectivity index (χ4v) is 2.13. The van der Waals surface area contributed by atoms with Crippen LogP contribution in [0.2, 0.25) is 0 Å². The molecule has 0 aliphatic carbocycles. The maximum Gasteiger partial charge on any atom is 0.387 e. The number of amides is 2. The molecule has 0 spiro atoms. The van der Waals surface area contributed by atoms with Crippen molar-refractivity contribution in [2.24, 2.45) is 0 Å². The molecule has 0 bridgehead atoms. The number of ether oxygens (including phenoxy) is 2. The van der Waals surface area contributed by atoms with Crippen molar-refractivity contribution < 1.29 is 28.0 Å². The van der Waals surface area contributed by atoms with Crippen LogP contribution in [0.3, 0.4) is 0 Å². The van der Waals surface area contributed by atoms with E-state index < -0.39 is 17.6 Å². The lowest BCUT2D eigenvalue weighted by Gasteiger charge is -2.31. The third-order valence-electron chi connectivity index (χ3n) is 3.16. The van der Waals surface area contributed by atoms with E-state index in [-0.39, 0.29) is 23.2 Å². The van der Waals surface area contributed by atoms with Crippen LogP contribution >= 0.6 is 0 Å². The number of carbonyl (C=O) groups excluding carboxylic acids is 1. The number of halogens is 2. The molecule has 1 aromatic carbocycles. The topological polar surface area (TPSA) is 93.9 Å². The summed E-state index contributed by atoms with van der Waals surface area (Å²) in [4.78, 5) is 23.7. The molecular formula is C13H15F2N3O5. The summed E-state index contributed by atoms with van der Waals surface area (Å²) in [5, 5.41) is 13.2. The second kappa shape index (κ2) is 7.18. The van der Waals surface area contributed by atoms with Gasteiger partial charge in [0, 0.05) is 25.2 Å². The van der Waals surface area contributed by atoms with Gasteiger partial charge in [0.25, 0.3) is 5.69 Å². The number of alkyl halides is 2. The summed E-state index contributed by atoms with van der Waals surface area (Å²) in [6.07, 6.45) is -0.156. The van der Waals surface area contributed by atoms with Crippen LogP contribution in [0.4, 0.5) is 25.0 Å². The van der Waals surface area contributed by atoms with Crippen molar-refractivity contribution in [1.29, 1.82) is 0 Å². The molecule has 1 fully saturated rings. The molecule has 126 valence electrons. The smallest absolute Gasteiger partial charge is 0.387 e. The summed E-state index contributed by atoms with van der Waals surface area (Å²) in [5.74, 6) is -0.347. The van der Waals surface area contributed by atoms with Crippen molar-refractivity contribution in [3.05, 3.63) is 28.3 Å². The molecule has 0 unspecified atom stereocenters. The van der Waals surface area contributed by atoms with Crippen molar-refractivity contribution in [3.63, 3.8) is 0 Å². The zero-order valence-electron chi connectivity index (χ0n) is 12.2. The van der Waals surface area contributed by atoms with Crippen LogP contribution in [0.1, 0.15) is 6.92 Å². The molecule has 23 heavy (non-hydrogen) atoms. The fourth-order valence-electron chi connectivity index (χ4n) is 2.13. The number of morpholine rings is 1. The highest BCUT2D eigenvalue weighted by Crippen LogP contribution is 2.30. The summed E-state index contributed by atoms with van der Waals surface area (Å²) in [6, 6.07) is 2.44. The molecule has 8 nitrogen and oxygen atoms in total. The predicted octanol–water partition coefficient (Wildman–Crippen LogP) is 2.45. The molecule has 1 aromatic rings. The highest BCUT2D eigenvalue weighted by atomic mass is 19.3. The van der Waals surface area contributed by atoms with Gasteiger partial charge in [0.2, 0.25) is 0 Å². The minimum atomic E-state index is -3.12. The van der Waals surface area contributed by atoms with Gasteiger partial charge in [0.1, 0.15) is 5.75 Å². The standard InChI is InChI=1S/C13H15F2N3O5/c1-8-7-17(4-5-22-8)13(19)16-10-6-9(18(20)21)2-3-11(10)23-12(14)15/h2-3,6,8,12H,4-5,7H2,1H3,(H,16,19)/t8-/m0/s1. The molecule has 1 heterocycles. The summed E-state index contributed by atoms with van der Waals surface area (Å²) >= 11 is 0. The van der Waals surface area contributed by atoms with Crippen molar-refractivity contribution >= 4 is 17.4 Å². The molecular weight excluding hydrogens is 316 g/mol. The van der Waals surface area contributed by atoms with E-state index in [2.05, 4.69) is 10.1 Å². The Bertz CT molecular complexity index is 599. The Morgan fingerprint density at radius 2 is 2.30 bits per heavy atom. The average Bonchev–Trinajstić information content (AvgIpc) is 2.48. The van der Waals surface area contributed by atoms with Gasteiger partial charge in [-0.15, -0.1) is 0 Å². The zero-order chi connectivity index (χ0) is 17.0. The molecule has 1 atom stereocenters. The number of nitrogens with one attached hydrogen (secondary N) is 1. The summed E-state index contributed by atoms with van der Waals surface area (Å²) in [6.45, 7) is -0.320. The molecule has 2 rings (SSSR count). The van der Waals surface area contributed by atoms with Gasteiger partial charge in [-0.25, -0.2) is 4.79 Å². The Hall–Kier alpha value is -2.49. The second-order valence-corrected chi connectivity index (χ2v) is 4.87. The summed E-state index contributed by atoms with van der Waals surface area (Å²) < 4.78 is 34.4. The molecule has 0 aromatic heterocycles. The van der Waals surface area contributed by atoms with Gasteiger partial charge in [-0.05, 0) is 13.0 Å². The lowest BCUT2D eigenvalue weighted by atomic mass is 10.2. The monoisotopic (exact) mass is 331 g/mol. The third-order valence-corrected chi connectivity index (χ3v) is 3.16. The Morgan fingerprint density at radius 1 is 1.57 bits per heavy atom. The number of nitrogens with zero attached hydrogens (tertiary/aromatic N) is 2. The van der Waals surface area contributed by atoms with Gasteiger partial charge in [0.15, 0.2) is 0 Å². The van der Waals surface area contributed by atoms with E-state index in [1.165, 1.54) is 4.90 Å². The number of benzene rings is 1. The van der Waals surface area contributed by atoms with Gasteiger partial charge in [-0.1, -0.05) is 0 Å². The van der Waals surface area contributed by atoms with Crippen LogP contribution in [-0.4, -0.2) is 48.3 Å². The Morgan fingerprint density at radius 3 is 2.91 bits per heavy atom. The van der Waals surface area contributed by atoms with Crippen molar-refractivity contribution in [2.45, 2.75) is 19.6 Å². The van der Waals surface area contributed by atoms with Gasteiger partial charge in [-0.3, -0.25) is 10.1 Å². The third kappa shape index (κ3) is 4.49. The predicted molar refractivity (Wildman–Crippen MR) is 75.7 cm³/mol. The number of anilines is 1. The van der Waals surface area contributed by atoms with E-state index in [9.17, 15) is 23.7 Å². The normalized spacial score (nSPS) is 17.9. The van der Waals surface area contributed by atoms with Crippen LogP contribution in [0.5, 0.6) is 5.75 Å². The lowest BCUT2D eigenvalue weighted by Crippen LogP contribution is -2.46. The minimum Gasteiger partial charge on any atom is -0.433 e. The van der Waals surface area contributed by atoms with Crippen LogP contribution in [0, 0.1) is 10.1 Å². The maximum atomic E-state index is 12.4. The zero-order valence-corrected chi connectivity index (χ0v) is 12.2. The van der Waals surface area contributed by atoms with Crippen molar-refractivity contribution in [1.82, 2.24) is 4.90 Å². The van der Waals surface area contributed by atoms with Crippen LogP contribution in [-0.2, 0) is 4.74 Å². The van der Waals surface area contributed by atoms with E-state index in [4.69, 9.17) is 4.74 Å². The first-order chi connectivity index (χ1) is 10.9. The van der Waals surface area contributed by atoms with Crippen LogP contribution < -0.4 is 10.1 Å². The molecule has 1 aliphatic heterocycles. The number of non-ortho nitro benzene ring substituents is 1. The number of urea groups is 1. The van der Waals surface area contributed by atoms with Gasteiger partial charge >= 0.3 is 12.6 Å². The van der Waals surface area contributed by atoms with E-state index in [0.29, 0.717) is 19.7 Å². The number of nitro groups is 1. The summed E-state index contributed by atoms with van der Waals surface area (Å²) in [5.41, 5.74) is -0.541. The maximum absolute atomic E-state index is 12.4. The fraction of sp³-hybridized carbons (Fsp3) is 0.462. The Kier molecular flexibility index (Phi) is 5.27. The average molecular weight is 331 g/mol. The molecule has 0 saturated carbocycles. The van der Waals surface area contributed by atoms with Gasteiger partial charge in [-0.2, -0.15) is 8.78 Å². The van der Waals surface area contributed by atoms with Crippen LogP contribution in [0.15, 0.2) is 18.2 Å². The molecule has 1 saturated heterocycles. The Labute approximate surface area is 130 Å². The van der Waals surface area contributed by atoms with E-state index >= 15 is 0 Å². The number of hydrogen-bond acceptors (Lipinski definition) is 5. The summed E-state index contributed by atoms with van der Waals surface area (Å²) in [7, 11) is 0. The molecule has 0 radical (unpaired) electrons. The van der Waals surface area contributed by atoms with Gasteiger partial charge < -0.3 is 19.7 Å². The number of nitro benzene ring substituents is 1. The van der Waals surface area contributed by atoms with E-state index in [1.807, 2.05) is 0 Å². The van der Waals surface area contributed by atoms with Crippen molar-refractivity contribution in [2.75, 3.05) is 25.0 Å². The van der Waals surface area contributed by atoms with E-state index in [0.717, 1.165) is 18.2 Å². The molecule has 10 heteroatoms. The van der Waals surface area contributed by atoms with E-state index in [1.54, 1.807) is 6.92 Å². The van der Waals surface area contributed by atoms with Crippen LogP contribution in [0.25, 0.3) is 0 Å².